The number of piperidine rings is 1. The van der Waals surface area contributed by atoms with E-state index in [-0.39, 0.29) is 12.0 Å². The standard InChI is InChI=1S/C32H29F3N2O2/c1-37-14-12-31(13-15-37,28-10-8-26(9-11-28)30-3-2-16-39-30)22-38-21-24-17-27(19-29(18-24)32(33,34)35)25-6-4-23(20-36)5-7-25/h2-11,16-19H,12-15,21-22H2,1H3. The van der Waals surface area contributed by atoms with Crippen LogP contribution in [0, 0.1) is 11.3 Å². The topological polar surface area (TPSA) is 49.4 Å². The zero-order valence-corrected chi connectivity index (χ0v) is 21.7. The summed E-state index contributed by atoms with van der Waals surface area (Å²) in [6.45, 7) is 2.30. The number of furan rings is 1. The molecule has 5 rings (SSSR count). The van der Waals surface area contributed by atoms with E-state index in [0.29, 0.717) is 28.9 Å². The van der Waals surface area contributed by atoms with E-state index in [4.69, 9.17) is 14.4 Å². The van der Waals surface area contributed by atoms with Gasteiger partial charge in [0.2, 0.25) is 0 Å². The molecule has 0 N–H and O–H groups in total. The number of nitrogens with zero attached hydrogens (tertiary/aromatic N) is 2. The number of benzene rings is 3. The van der Waals surface area contributed by atoms with Gasteiger partial charge in [-0.3, -0.25) is 0 Å². The fraction of sp³-hybridized carbons (Fsp3) is 0.281. The minimum absolute atomic E-state index is 0.0647. The van der Waals surface area contributed by atoms with Crippen LogP contribution in [0.3, 0.4) is 0 Å². The van der Waals surface area contributed by atoms with Crippen LogP contribution in [0.2, 0.25) is 0 Å². The van der Waals surface area contributed by atoms with Crippen molar-refractivity contribution in [3.63, 3.8) is 0 Å². The summed E-state index contributed by atoms with van der Waals surface area (Å²) in [5, 5.41) is 9.05. The number of likely N-dealkylation sites (tertiary alicyclic amines) is 1. The van der Waals surface area contributed by atoms with Crippen molar-refractivity contribution in [3.8, 4) is 28.5 Å². The molecule has 4 nitrogen and oxygen atoms in total. The SMILES string of the molecule is CN1CCC(COCc2cc(-c3ccc(C#N)cc3)cc(C(F)(F)F)c2)(c2ccc(-c3ccco3)cc2)CC1. The first-order valence-corrected chi connectivity index (χ1v) is 12.9. The first kappa shape index (κ1) is 26.7. The lowest BCUT2D eigenvalue weighted by Crippen LogP contribution is -2.43. The van der Waals surface area contributed by atoms with E-state index in [0.717, 1.165) is 55.0 Å². The van der Waals surface area contributed by atoms with Crippen molar-refractivity contribution in [2.75, 3.05) is 26.7 Å². The number of rotatable bonds is 7. The zero-order chi connectivity index (χ0) is 27.5. The summed E-state index contributed by atoms with van der Waals surface area (Å²) in [5.41, 5.74) is 3.17. The highest BCUT2D eigenvalue weighted by atomic mass is 19.4. The molecule has 0 atom stereocenters. The fourth-order valence-electron chi connectivity index (χ4n) is 5.20. The largest absolute Gasteiger partial charge is 0.464 e. The Morgan fingerprint density at radius 1 is 0.923 bits per heavy atom. The van der Waals surface area contributed by atoms with E-state index >= 15 is 0 Å². The Balaban J connectivity index is 1.38. The molecule has 7 heteroatoms. The fourth-order valence-corrected chi connectivity index (χ4v) is 5.20. The summed E-state index contributed by atoms with van der Waals surface area (Å²) >= 11 is 0. The lowest BCUT2D eigenvalue weighted by atomic mass is 9.73. The molecule has 1 aromatic heterocycles. The lowest BCUT2D eigenvalue weighted by molar-refractivity contribution is -0.137. The molecule has 0 unspecified atom stereocenters. The van der Waals surface area contributed by atoms with E-state index in [2.05, 4.69) is 24.1 Å². The van der Waals surface area contributed by atoms with E-state index in [1.807, 2.05) is 30.3 Å². The molecule has 0 aliphatic carbocycles. The Labute approximate surface area is 226 Å². The number of ether oxygens (including phenoxy) is 1. The molecule has 39 heavy (non-hydrogen) atoms. The molecule has 0 amide bonds. The van der Waals surface area contributed by atoms with Gasteiger partial charge in [0.1, 0.15) is 5.76 Å². The lowest BCUT2D eigenvalue weighted by Gasteiger charge is -2.41. The molecule has 1 fully saturated rings. The van der Waals surface area contributed by atoms with Crippen LogP contribution in [0.4, 0.5) is 13.2 Å². The van der Waals surface area contributed by atoms with E-state index in [1.165, 1.54) is 0 Å². The maximum Gasteiger partial charge on any atom is 0.416 e. The second kappa shape index (κ2) is 11.1. The Kier molecular flexibility index (Phi) is 7.60. The highest BCUT2D eigenvalue weighted by Crippen LogP contribution is 2.38. The molecule has 1 aliphatic rings. The highest BCUT2D eigenvalue weighted by Gasteiger charge is 2.36. The molecule has 3 aromatic carbocycles. The van der Waals surface area contributed by atoms with Crippen LogP contribution in [0.25, 0.3) is 22.5 Å². The van der Waals surface area contributed by atoms with Crippen molar-refractivity contribution in [1.29, 1.82) is 5.26 Å². The van der Waals surface area contributed by atoms with Gasteiger partial charge in [-0.2, -0.15) is 18.4 Å². The summed E-state index contributed by atoms with van der Waals surface area (Å²) in [4.78, 5) is 2.28. The Bertz CT molecular complexity index is 1430. The molecule has 200 valence electrons. The third-order valence-corrected chi connectivity index (χ3v) is 7.56. The van der Waals surface area contributed by atoms with Crippen LogP contribution in [0.5, 0.6) is 0 Å². The third kappa shape index (κ3) is 6.08. The maximum atomic E-state index is 13.8. The molecule has 0 bridgehead atoms. The minimum atomic E-state index is -4.48. The van der Waals surface area contributed by atoms with Crippen LogP contribution in [-0.2, 0) is 22.9 Å². The van der Waals surface area contributed by atoms with Gasteiger partial charge in [-0.25, -0.2) is 0 Å². The van der Waals surface area contributed by atoms with Crippen molar-refractivity contribution in [1.82, 2.24) is 4.90 Å². The minimum Gasteiger partial charge on any atom is -0.464 e. The number of hydrogen-bond acceptors (Lipinski definition) is 4. The molecular weight excluding hydrogens is 501 g/mol. The van der Waals surface area contributed by atoms with E-state index in [9.17, 15) is 13.2 Å². The van der Waals surface area contributed by atoms with Gasteiger partial charge in [0.15, 0.2) is 0 Å². The Morgan fingerprint density at radius 3 is 2.23 bits per heavy atom. The zero-order valence-electron chi connectivity index (χ0n) is 21.7. The van der Waals surface area contributed by atoms with Crippen LogP contribution < -0.4 is 0 Å². The van der Waals surface area contributed by atoms with E-state index in [1.54, 1.807) is 36.6 Å². The summed E-state index contributed by atoms with van der Waals surface area (Å²) < 4.78 is 53.0. The van der Waals surface area contributed by atoms with Gasteiger partial charge in [-0.05, 0) is 97.7 Å². The molecule has 0 saturated carbocycles. The van der Waals surface area contributed by atoms with Crippen LogP contribution in [0.1, 0.15) is 35.1 Å². The van der Waals surface area contributed by atoms with Crippen molar-refractivity contribution >= 4 is 0 Å². The van der Waals surface area contributed by atoms with E-state index < -0.39 is 11.7 Å². The van der Waals surface area contributed by atoms with Gasteiger partial charge in [0.05, 0.1) is 36.7 Å². The quantitative estimate of drug-likeness (QED) is 0.246. The van der Waals surface area contributed by atoms with Crippen molar-refractivity contribution < 1.29 is 22.3 Å². The second-order valence-electron chi connectivity index (χ2n) is 10.2. The van der Waals surface area contributed by atoms with Crippen LogP contribution >= 0.6 is 0 Å². The molecular formula is C32H29F3N2O2. The third-order valence-electron chi connectivity index (χ3n) is 7.56. The van der Waals surface area contributed by atoms with Gasteiger partial charge in [0, 0.05) is 11.0 Å². The predicted octanol–water partition coefficient (Wildman–Crippen LogP) is 7.68. The molecule has 0 spiro atoms. The normalized spacial score (nSPS) is 15.7. The van der Waals surface area contributed by atoms with Gasteiger partial charge >= 0.3 is 6.18 Å². The first-order chi connectivity index (χ1) is 18.8. The Morgan fingerprint density at radius 2 is 1.62 bits per heavy atom. The monoisotopic (exact) mass is 530 g/mol. The summed E-state index contributed by atoms with van der Waals surface area (Å²) in [7, 11) is 2.10. The smallest absolute Gasteiger partial charge is 0.416 e. The first-order valence-electron chi connectivity index (χ1n) is 12.9. The summed E-state index contributed by atoms with van der Waals surface area (Å²) in [6, 6.07) is 24.7. The highest BCUT2D eigenvalue weighted by molar-refractivity contribution is 5.66. The molecule has 0 radical (unpaired) electrons. The summed E-state index contributed by atoms with van der Waals surface area (Å²) in [6.07, 6.45) is -1.05. The average Bonchev–Trinajstić information content (AvgIpc) is 3.49. The number of nitriles is 1. The molecule has 1 saturated heterocycles. The molecule has 1 aliphatic heterocycles. The van der Waals surface area contributed by atoms with Gasteiger partial charge in [0.25, 0.3) is 0 Å². The number of halogens is 3. The van der Waals surface area contributed by atoms with Gasteiger partial charge in [-0.15, -0.1) is 0 Å². The number of hydrogen-bond donors (Lipinski definition) is 0. The van der Waals surface area contributed by atoms with Crippen molar-refractivity contribution in [3.05, 3.63) is 107 Å². The van der Waals surface area contributed by atoms with Crippen LogP contribution in [0.15, 0.2) is 89.5 Å². The summed E-state index contributed by atoms with van der Waals surface area (Å²) in [5.74, 6) is 0.804. The van der Waals surface area contributed by atoms with Gasteiger partial charge in [-0.1, -0.05) is 36.4 Å². The molecule has 4 aromatic rings. The number of alkyl halides is 3. The Hall–Kier alpha value is -3.86. The maximum absolute atomic E-state index is 13.8. The molecule has 2 heterocycles. The van der Waals surface area contributed by atoms with Crippen molar-refractivity contribution in [2.24, 2.45) is 0 Å². The van der Waals surface area contributed by atoms with Crippen LogP contribution in [-0.4, -0.2) is 31.6 Å². The van der Waals surface area contributed by atoms with Gasteiger partial charge < -0.3 is 14.1 Å². The van der Waals surface area contributed by atoms with Crippen molar-refractivity contribution in [2.45, 2.75) is 31.0 Å². The predicted molar refractivity (Wildman–Crippen MR) is 144 cm³/mol. The average molecular weight is 531 g/mol. The second-order valence-corrected chi connectivity index (χ2v) is 10.2.